The molecule has 0 saturated heterocycles. The monoisotopic (exact) mass is 261 g/mol. The van der Waals surface area contributed by atoms with Crippen molar-refractivity contribution < 1.29 is 14.3 Å². The number of carboxylic acids is 1. The van der Waals surface area contributed by atoms with Gasteiger partial charge in [0, 0.05) is 16.1 Å². The summed E-state index contributed by atoms with van der Waals surface area (Å²) in [5.74, 6) is -1.53. The first kappa shape index (κ1) is 11.1. The van der Waals surface area contributed by atoms with E-state index in [2.05, 4.69) is 15.9 Å². The summed E-state index contributed by atoms with van der Waals surface area (Å²) >= 11 is 3.16. The van der Waals surface area contributed by atoms with Crippen LogP contribution in [-0.4, -0.2) is 11.1 Å². The highest BCUT2D eigenvalue weighted by Crippen LogP contribution is 2.22. The van der Waals surface area contributed by atoms with Gasteiger partial charge < -0.3 is 10.8 Å². The third kappa shape index (κ3) is 2.78. The van der Waals surface area contributed by atoms with Gasteiger partial charge in [-0.15, -0.1) is 0 Å². The van der Waals surface area contributed by atoms with Gasteiger partial charge in [-0.2, -0.15) is 0 Å². The van der Waals surface area contributed by atoms with Crippen LogP contribution >= 0.6 is 15.9 Å². The maximum atomic E-state index is 13.2. The lowest BCUT2D eigenvalue weighted by Gasteiger charge is -2.10. The highest BCUT2D eigenvalue weighted by atomic mass is 79.9. The summed E-state index contributed by atoms with van der Waals surface area (Å²) in [4.78, 5) is 10.4. The zero-order chi connectivity index (χ0) is 10.7. The molecule has 0 aliphatic carbocycles. The molecule has 0 saturated carbocycles. The SMILES string of the molecule is NC(CC(=O)O)c1cc(Br)ccc1F. The Balaban J connectivity index is 2.93. The molecule has 0 spiro atoms. The second kappa shape index (κ2) is 4.52. The zero-order valence-corrected chi connectivity index (χ0v) is 8.79. The van der Waals surface area contributed by atoms with Gasteiger partial charge in [-0.3, -0.25) is 4.79 Å². The van der Waals surface area contributed by atoms with Crippen molar-refractivity contribution in [3.8, 4) is 0 Å². The lowest BCUT2D eigenvalue weighted by Crippen LogP contribution is -2.16. The summed E-state index contributed by atoms with van der Waals surface area (Å²) in [7, 11) is 0. The van der Waals surface area contributed by atoms with Crippen molar-refractivity contribution in [3.63, 3.8) is 0 Å². The molecule has 1 aromatic carbocycles. The largest absolute Gasteiger partial charge is 0.481 e. The number of rotatable bonds is 3. The van der Waals surface area contributed by atoms with Crippen LogP contribution in [0.4, 0.5) is 4.39 Å². The highest BCUT2D eigenvalue weighted by molar-refractivity contribution is 9.10. The predicted molar refractivity (Wildman–Crippen MR) is 53.3 cm³/mol. The maximum Gasteiger partial charge on any atom is 0.305 e. The van der Waals surface area contributed by atoms with Crippen LogP contribution in [-0.2, 0) is 4.79 Å². The first-order valence-electron chi connectivity index (χ1n) is 3.93. The molecule has 14 heavy (non-hydrogen) atoms. The van der Waals surface area contributed by atoms with E-state index in [0.717, 1.165) is 0 Å². The Labute approximate surface area is 88.9 Å². The zero-order valence-electron chi connectivity index (χ0n) is 7.21. The van der Waals surface area contributed by atoms with E-state index >= 15 is 0 Å². The summed E-state index contributed by atoms with van der Waals surface area (Å²) in [6.07, 6.45) is -0.284. The van der Waals surface area contributed by atoms with Gasteiger partial charge >= 0.3 is 5.97 Å². The molecular formula is C9H9BrFNO2. The Bertz CT molecular complexity index is 357. The van der Waals surface area contributed by atoms with Gasteiger partial charge in [0.15, 0.2) is 0 Å². The van der Waals surface area contributed by atoms with Crippen LogP contribution in [0.25, 0.3) is 0 Å². The van der Waals surface area contributed by atoms with Gasteiger partial charge in [0.25, 0.3) is 0 Å². The van der Waals surface area contributed by atoms with Crippen molar-refractivity contribution in [2.45, 2.75) is 12.5 Å². The van der Waals surface area contributed by atoms with E-state index in [9.17, 15) is 9.18 Å². The minimum Gasteiger partial charge on any atom is -0.481 e. The molecule has 0 fully saturated rings. The molecule has 0 aromatic heterocycles. The molecule has 3 N–H and O–H groups in total. The second-order valence-electron chi connectivity index (χ2n) is 2.87. The fourth-order valence-corrected chi connectivity index (χ4v) is 1.48. The molecule has 3 nitrogen and oxygen atoms in total. The normalized spacial score (nSPS) is 12.5. The van der Waals surface area contributed by atoms with Crippen LogP contribution in [0, 0.1) is 5.82 Å². The summed E-state index contributed by atoms with van der Waals surface area (Å²) in [5, 5.41) is 8.49. The van der Waals surface area contributed by atoms with Gasteiger partial charge in [0.05, 0.1) is 6.42 Å². The molecule has 0 amide bonds. The standard InChI is InChI=1S/C9H9BrFNO2/c10-5-1-2-7(11)6(3-5)8(12)4-9(13)14/h1-3,8H,4,12H2,(H,13,14). The van der Waals surface area contributed by atoms with Gasteiger partial charge in [-0.05, 0) is 18.2 Å². The van der Waals surface area contributed by atoms with Gasteiger partial charge in [-0.1, -0.05) is 15.9 Å². The lowest BCUT2D eigenvalue weighted by atomic mass is 10.0. The van der Waals surface area contributed by atoms with Crippen LogP contribution in [0.5, 0.6) is 0 Å². The van der Waals surface area contributed by atoms with Crippen molar-refractivity contribution in [2.75, 3.05) is 0 Å². The van der Waals surface area contributed by atoms with Crippen LogP contribution in [0.15, 0.2) is 22.7 Å². The van der Waals surface area contributed by atoms with Gasteiger partial charge in [0.1, 0.15) is 5.82 Å². The number of carboxylic acid groups (broad SMARTS) is 1. The number of aliphatic carboxylic acids is 1. The second-order valence-corrected chi connectivity index (χ2v) is 3.79. The number of halogens is 2. The summed E-state index contributed by atoms with van der Waals surface area (Å²) in [6, 6.07) is 3.46. The molecule has 1 unspecified atom stereocenters. The Hall–Kier alpha value is -0.940. The van der Waals surface area contributed by atoms with Gasteiger partial charge in [-0.25, -0.2) is 4.39 Å². The third-order valence-electron chi connectivity index (χ3n) is 1.75. The average molecular weight is 262 g/mol. The summed E-state index contributed by atoms with van der Waals surface area (Å²) in [5.41, 5.74) is 5.73. The molecule has 0 heterocycles. The number of hydrogen-bond acceptors (Lipinski definition) is 2. The molecule has 1 rings (SSSR count). The van der Waals surface area contributed by atoms with Crippen molar-refractivity contribution in [1.82, 2.24) is 0 Å². The van der Waals surface area contributed by atoms with Crippen LogP contribution < -0.4 is 5.73 Å². The van der Waals surface area contributed by atoms with Crippen LogP contribution in [0.2, 0.25) is 0 Å². The molecular weight excluding hydrogens is 253 g/mol. The molecule has 1 atom stereocenters. The van der Waals surface area contributed by atoms with Crippen LogP contribution in [0.3, 0.4) is 0 Å². The fraction of sp³-hybridized carbons (Fsp3) is 0.222. The van der Waals surface area contributed by atoms with Gasteiger partial charge in [0.2, 0.25) is 0 Å². The molecule has 1 aromatic rings. The number of nitrogens with two attached hydrogens (primary N) is 1. The predicted octanol–water partition coefficient (Wildman–Crippen LogP) is 2.06. The topological polar surface area (TPSA) is 63.3 Å². The molecule has 0 bridgehead atoms. The van der Waals surface area contributed by atoms with Crippen molar-refractivity contribution in [3.05, 3.63) is 34.1 Å². The van der Waals surface area contributed by atoms with Crippen molar-refractivity contribution in [2.24, 2.45) is 5.73 Å². The first-order chi connectivity index (χ1) is 6.50. The van der Waals surface area contributed by atoms with Crippen molar-refractivity contribution in [1.29, 1.82) is 0 Å². The molecule has 76 valence electrons. The van der Waals surface area contributed by atoms with Crippen LogP contribution in [0.1, 0.15) is 18.0 Å². The quantitative estimate of drug-likeness (QED) is 0.876. The number of hydrogen-bond donors (Lipinski definition) is 2. The molecule has 0 aliphatic heterocycles. The van der Waals surface area contributed by atoms with E-state index in [4.69, 9.17) is 10.8 Å². The van der Waals surface area contributed by atoms with E-state index in [1.165, 1.54) is 18.2 Å². The Morgan fingerprint density at radius 2 is 2.29 bits per heavy atom. The van der Waals surface area contributed by atoms with E-state index < -0.39 is 17.8 Å². The summed E-state index contributed by atoms with van der Waals surface area (Å²) < 4.78 is 13.9. The fourth-order valence-electron chi connectivity index (χ4n) is 1.10. The van der Waals surface area contributed by atoms with E-state index in [1.54, 1.807) is 0 Å². The minimum absolute atomic E-state index is 0.210. The average Bonchev–Trinajstić information content (AvgIpc) is 2.08. The third-order valence-corrected chi connectivity index (χ3v) is 2.25. The van der Waals surface area contributed by atoms with E-state index in [1.807, 2.05) is 0 Å². The first-order valence-corrected chi connectivity index (χ1v) is 4.72. The highest BCUT2D eigenvalue weighted by Gasteiger charge is 2.14. The Morgan fingerprint density at radius 1 is 1.64 bits per heavy atom. The Morgan fingerprint density at radius 3 is 2.86 bits per heavy atom. The van der Waals surface area contributed by atoms with E-state index in [-0.39, 0.29) is 12.0 Å². The van der Waals surface area contributed by atoms with Crippen molar-refractivity contribution >= 4 is 21.9 Å². The smallest absolute Gasteiger partial charge is 0.305 e. The Kier molecular flexibility index (Phi) is 3.60. The molecule has 0 aliphatic rings. The molecule has 0 radical (unpaired) electrons. The summed E-state index contributed by atoms with van der Waals surface area (Å²) in [6.45, 7) is 0. The number of carbonyl (C=O) groups is 1. The maximum absolute atomic E-state index is 13.2. The molecule has 5 heteroatoms. The van der Waals surface area contributed by atoms with E-state index in [0.29, 0.717) is 4.47 Å². The number of benzene rings is 1. The minimum atomic E-state index is -1.04. The lowest BCUT2D eigenvalue weighted by molar-refractivity contribution is -0.137.